The van der Waals surface area contributed by atoms with Crippen LogP contribution in [0.4, 0.5) is 17.2 Å². The van der Waals surface area contributed by atoms with E-state index >= 15 is 0 Å². The summed E-state index contributed by atoms with van der Waals surface area (Å²) in [6, 6.07) is 12.1. The molecule has 2 aromatic rings. The third kappa shape index (κ3) is 5.96. The fraction of sp³-hybridized carbons (Fsp3) is 0.455. The number of carbonyl (C=O) groups excluding carboxylic acids is 1. The molecule has 1 fully saturated rings. The van der Waals surface area contributed by atoms with Gasteiger partial charge in [-0.25, -0.2) is 4.98 Å². The number of anilines is 3. The van der Waals surface area contributed by atoms with Crippen LogP contribution in [0.5, 0.6) is 0 Å². The van der Waals surface area contributed by atoms with Crippen molar-refractivity contribution in [2.45, 2.75) is 25.7 Å². The van der Waals surface area contributed by atoms with E-state index in [0.717, 1.165) is 37.6 Å². The molecule has 0 bridgehead atoms. The van der Waals surface area contributed by atoms with Gasteiger partial charge in [0.2, 0.25) is 0 Å². The second kappa shape index (κ2) is 10.1. The molecule has 6 heteroatoms. The first-order valence-electron chi connectivity index (χ1n) is 10.1. The van der Waals surface area contributed by atoms with E-state index in [-0.39, 0.29) is 5.91 Å². The van der Waals surface area contributed by atoms with E-state index in [4.69, 9.17) is 0 Å². The van der Waals surface area contributed by atoms with Gasteiger partial charge in [0.1, 0.15) is 5.82 Å². The summed E-state index contributed by atoms with van der Waals surface area (Å²) in [5.41, 5.74) is 2.85. The molecule has 6 nitrogen and oxygen atoms in total. The predicted octanol–water partition coefficient (Wildman–Crippen LogP) is 3.50. The van der Waals surface area contributed by atoms with Gasteiger partial charge in [-0.3, -0.25) is 4.79 Å². The van der Waals surface area contributed by atoms with Crippen LogP contribution in [-0.4, -0.2) is 56.1 Å². The van der Waals surface area contributed by atoms with E-state index in [1.54, 1.807) is 12.3 Å². The third-order valence-corrected chi connectivity index (χ3v) is 4.95. The first-order chi connectivity index (χ1) is 13.6. The Morgan fingerprint density at radius 1 is 1.07 bits per heavy atom. The maximum Gasteiger partial charge on any atom is 0.252 e. The van der Waals surface area contributed by atoms with E-state index in [0.29, 0.717) is 12.1 Å². The van der Waals surface area contributed by atoms with Crippen LogP contribution in [0.1, 0.15) is 36.0 Å². The molecule has 2 heterocycles. The lowest BCUT2D eigenvalue weighted by Gasteiger charge is -2.28. The number of nitrogens with one attached hydrogen (secondary N) is 2. The molecule has 0 radical (unpaired) electrons. The number of amides is 1. The number of pyridine rings is 1. The van der Waals surface area contributed by atoms with E-state index < -0.39 is 0 Å². The molecule has 1 saturated heterocycles. The highest BCUT2D eigenvalue weighted by atomic mass is 16.1. The lowest BCUT2D eigenvalue weighted by Crippen LogP contribution is -2.29. The number of piperidine rings is 1. The Balaban J connectivity index is 1.50. The molecular formula is C22H31N5O. The zero-order valence-corrected chi connectivity index (χ0v) is 16.9. The maximum atomic E-state index is 12.2. The first-order valence-corrected chi connectivity index (χ1v) is 10.1. The Hall–Kier alpha value is -2.60. The Morgan fingerprint density at radius 3 is 2.46 bits per heavy atom. The SMILES string of the molecule is CN(C)CCCNC(=O)c1ccc(Nc2ccc(N3CCCCC3)cc2)nc1. The molecule has 2 N–H and O–H groups in total. The number of hydrogen-bond acceptors (Lipinski definition) is 5. The second-order valence-electron chi connectivity index (χ2n) is 7.56. The quantitative estimate of drug-likeness (QED) is 0.686. The molecule has 1 aromatic heterocycles. The van der Waals surface area contributed by atoms with Crippen LogP contribution in [0.25, 0.3) is 0 Å². The Bertz CT molecular complexity index is 737. The predicted molar refractivity (Wildman–Crippen MR) is 116 cm³/mol. The molecule has 3 rings (SSSR count). The summed E-state index contributed by atoms with van der Waals surface area (Å²) in [7, 11) is 4.05. The van der Waals surface area contributed by atoms with Crippen LogP contribution in [0.15, 0.2) is 42.6 Å². The van der Waals surface area contributed by atoms with Crippen LogP contribution >= 0.6 is 0 Å². The number of hydrogen-bond donors (Lipinski definition) is 2. The van der Waals surface area contributed by atoms with Crippen molar-refractivity contribution in [1.82, 2.24) is 15.2 Å². The normalized spacial score (nSPS) is 14.2. The zero-order valence-electron chi connectivity index (χ0n) is 16.9. The van der Waals surface area contributed by atoms with E-state index in [1.165, 1.54) is 24.9 Å². The molecule has 150 valence electrons. The van der Waals surface area contributed by atoms with Crippen LogP contribution in [0.2, 0.25) is 0 Å². The van der Waals surface area contributed by atoms with Crippen molar-refractivity contribution in [1.29, 1.82) is 0 Å². The molecule has 1 aliphatic rings. The monoisotopic (exact) mass is 381 g/mol. The van der Waals surface area contributed by atoms with Crippen molar-refractivity contribution in [3.8, 4) is 0 Å². The molecule has 0 spiro atoms. The van der Waals surface area contributed by atoms with Gasteiger partial charge in [-0.15, -0.1) is 0 Å². The number of aromatic nitrogens is 1. The number of nitrogens with zero attached hydrogens (tertiary/aromatic N) is 3. The zero-order chi connectivity index (χ0) is 19.8. The summed E-state index contributed by atoms with van der Waals surface area (Å²) >= 11 is 0. The molecule has 1 amide bonds. The van der Waals surface area contributed by atoms with E-state index in [2.05, 4.69) is 49.7 Å². The lowest BCUT2D eigenvalue weighted by molar-refractivity contribution is 0.0952. The Morgan fingerprint density at radius 2 is 1.82 bits per heavy atom. The summed E-state index contributed by atoms with van der Waals surface area (Å²) < 4.78 is 0. The smallest absolute Gasteiger partial charge is 0.252 e. The summed E-state index contributed by atoms with van der Waals surface area (Å²) in [6.45, 7) is 3.92. The van der Waals surface area contributed by atoms with Crippen LogP contribution in [0, 0.1) is 0 Å². The minimum Gasteiger partial charge on any atom is -0.372 e. The molecule has 0 aliphatic carbocycles. The van der Waals surface area contributed by atoms with Crippen molar-refractivity contribution in [2.24, 2.45) is 0 Å². The topological polar surface area (TPSA) is 60.5 Å². The van der Waals surface area contributed by atoms with Gasteiger partial charge in [-0.05, 0) is 82.7 Å². The average Bonchev–Trinajstić information content (AvgIpc) is 2.73. The largest absolute Gasteiger partial charge is 0.372 e. The van der Waals surface area contributed by atoms with Gasteiger partial charge in [0.05, 0.1) is 5.56 Å². The minimum atomic E-state index is -0.0799. The van der Waals surface area contributed by atoms with Crippen molar-refractivity contribution in [2.75, 3.05) is 50.5 Å². The molecule has 0 unspecified atom stereocenters. The Kier molecular flexibility index (Phi) is 7.25. The second-order valence-corrected chi connectivity index (χ2v) is 7.56. The summed E-state index contributed by atoms with van der Waals surface area (Å²) in [5, 5.41) is 6.23. The van der Waals surface area contributed by atoms with Crippen molar-refractivity contribution in [3.63, 3.8) is 0 Å². The van der Waals surface area contributed by atoms with Crippen LogP contribution in [-0.2, 0) is 0 Å². The average molecular weight is 382 g/mol. The minimum absolute atomic E-state index is 0.0799. The molecule has 0 atom stereocenters. The highest BCUT2D eigenvalue weighted by Crippen LogP contribution is 2.23. The fourth-order valence-corrected chi connectivity index (χ4v) is 3.36. The van der Waals surface area contributed by atoms with Gasteiger partial charge >= 0.3 is 0 Å². The van der Waals surface area contributed by atoms with Gasteiger partial charge in [0.15, 0.2) is 0 Å². The van der Waals surface area contributed by atoms with Gasteiger partial charge in [-0.1, -0.05) is 0 Å². The van der Waals surface area contributed by atoms with Gasteiger partial charge in [0, 0.05) is 37.2 Å². The molecule has 0 saturated carbocycles. The highest BCUT2D eigenvalue weighted by Gasteiger charge is 2.10. The first kappa shape index (κ1) is 20.1. The van der Waals surface area contributed by atoms with E-state index in [9.17, 15) is 4.79 Å². The van der Waals surface area contributed by atoms with Crippen molar-refractivity contribution < 1.29 is 4.79 Å². The molecule has 28 heavy (non-hydrogen) atoms. The van der Waals surface area contributed by atoms with Crippen molar-refractivity contribution >= 4 is 23.1 Å². The number of benzene rings is 1. The third-order valence-electron chi connectivity index (χ3n) is 4.95. The fourth-order valence-electron chi connectivity index (χ4n) is 3.36. The summed E-state index contributed by atoms with van der Waals surface area (Å²) in [6.07, 6.45) is 6.44. The lowest BCUT2D eigenvalue weighted by atomic mass is 10.1. The molecular weight excluding hydrogens is 350 g/mol. The Labute approximate surface area is 167 Å². The number of rotatable bonds is 8. The summed E-state index contributed by atoms with van der Waals surface area (Å²) in [5.74, 6) is 0.651. The molecule has 1 aliphatic heterocycles. The number of carbonyl (C=O) groups is 1. The summed E-state index contributed by atoms with van der Waals surface area (Å²) in [4.78, 5) is 21.1. The molecule has 1 aromatic carbocycles. The standard InChI is InChI=1S/C22H31N5O/c1-26(2)14-6-13-23-22(28)18-7-12-21(24-17-18)25-19-8-10-20(11-9-19)27-15-4-3-5-16-27/h7-12,17H,3-6,13-16H2,1-2H3,(H,23,28)(H,24,25). The van der Waals surface area contributed by atoms with Gasteiger partial charge in [-0.2, -0.15) is 0 Å². The van der Waals surface area contributed by atoms with Crippen LogP contribution < -0.4 is 15.5 Å². The van der Waals surface area contributed by atoms with E-state index in [1.807, 2.05) is 20.2 Å². The van der Waals surface area contributed by atoms with Gasteiger partial charge < -0.3 is 20.4 Å². The van der Waals surface area contributed by atoms with Crippen molar-refractivity contribution in [3.05, 3.63) is 48.2 Å². The highest BCUT2D eigenvalue weighted by molar-refractivity contribution is 5.94. The van der Waals surface area contributed by atoms with Crippen LogP contribution in [0.3, 0.4) is 0 Å². The van der Waals surface area contributed by atoms with Gasteiger partial charge in [0.25, 0.3) is 5.91 Å². The maximum absolute atomic E-state index is 12.2.